The first-order valence-corrected chi connectivity index (χ1v) is 19.4. The molecule has 0 saturated heterocycles. The van der Waals surface area contributed by atoms with Crippen LogP contribution in [0, 0.1) is 5.95 Å². The van der Waals surface area contributed by atoms with Gasteiger partial charge in [-0.05, 0) is 81.4 Å². The number of unbranched alkanes of at least 4 members (excludes halogenated alkanes) is 3. The van der Waals surface area contributed by atoms with Gasteiger partial charge in [0.2, 0.25) is 5.95 Å². The van der Waals surface area contributed by atoms with Gasteiger partial charge in [0, 0.05) is 48.5 Å². The molecule has 8 heteroatoms. The summed E-state index contributed by atoms with van der Waals surface area (Å²) in [5, 5.41) is 0.897. The molecule has 2 fully saturated rings. The second-order valence-electron chi connectivity index (χ2n) is 13.7. The van der Waals surface area contributed by atoms with E-state index in [1.807, 2.05) is 30.3 Å². The van der Waals surface area contributed by atoms with E-state index in [0.29, 0.717) is 24.2 Å². The molecule has 2 saturated carbocycles. The highest BCUT2D eigenvalue weighted by Gasteiger charge is 2.28. The zero-order chi connectivity index (χ0) is 32.5. The maximum absolute atomic E-state index is 14.7. The van der Waals surface area contributed by atoms with Crippen molar-refractivity contribution in [1.29, 1.82) is 0 Å². The van der Waals surface area contributed by atoms with E-state index in [-0.39, 0.29) is 4.90 Å². The van der Waals surface area contributed by atoms with Crippen molar-refractivity contribution in [3.05, 3.63) is 96.2 Å². The molecule has 2 aliphatic carbocycles. The van der Waals surface area contributed by atoms with Crippen LogP contribution in [0.15, 0.2) is 84.0 Å². The Morgan fingerprint density at radius 3 is 2.00 bits per heavy atom. The number of halogens is 1. The highest BCUT2D eigenvalue weighted by molar-refractivity contribution is 7.90. The number of hydrogen-bond donors (Lipinski definition) is 0. The number of nitrogens with zero attached hydrogens (tertiary/aromatic N) is 4. The molecule has 0 amide bonds. The van der Waals surface area contributed by atoms with Crippen molar-refractivity contribution in [3.63, 3.8) is 0 Å². The van der Waals surface area contributed by atoms with Gasteiger partial charge in [-0.1, -0.05) is 93.8 Å². The number of rotatable bonds is 15. The van der Waals surface area contributed by atoms with E-state index in [0.717, 1.165) is 42.4 Å². The fraction of sp³-hybridized carbons (Fsp3) is 0.513. The fourth-order valence-electron chi connectivity index (χ4n) is 7.95. The van der Waals surface area contributed by atoms with Crippen LogP contribution in [0.2, 0.25) is 0 Å². The van der Waals surface area contributed by atoms with E-state index >= 15 is 0 Å². The van der Waals surface area contributed by atoms with E-state index in [2.05, 4.69) is 14.8 Å². The molecular weight excluding hydrogens is 608 g/mol. The molecule has 0 unspecified atom stereocenters. The minimum absolute atomic E-state index is 0.257. The molecule has 252 valence electrons. The molecule has 0 radical (unpaired) electrons. The second kappa shape index (κ2) is 16.4. The maximum Gasteiger partial charge on any atom is 0.268 e. The van der Waals surface area contributed by atoms with Gasteiger partial charge < -0.3 is 0 Å². The monoisotopic (exact) mass is 658 g/mol. The van der Waals surface area contributed by atoms with Gasteiger partial charge in [0.1, 0.15) is 0 Å². The molecule has 6 rings (SSSR count). The molecule has 0 atom stereocenters. The summed E-state index contributed by atoms with van der Waals surface area (Å²) in [5.74, 6) is -0.447. The molecule has 47 heavy (non-hydrogen) atoms. The van der Waals surface area contributed by atoms with Gasteiger partial charge >= 0.3 is 0 Å². The highest BCUT2D eigenvalue weighted by atomic mass is 32.2. The number of pyridine rings is 1. The van der Waals surface area contributed by atoms with Gasteiger partial charge in [0.05, 0.1) is 10.4 Å². The Labute approximate surface area is 281 Å². The standard InChI is InChI=1S/C39H51FN4O2S/c40-39-32(17-16-26-41-39)29-42(27-14-1-2-15-28-43(34-18-6-3-7-19-34)35-20-8-4-9-21-35)30-33-31-44(38-25-13-12-24-37(33)38)47(45,46)36-22-10-5-11-23-36/h5,10-13,16-17,22-26,31,34-35H,1-4,6-9,14-15,18-21,27-30H2. The second-order valence-corrected chi connectivity index (χ2v) is 15.5. The van der Waals surface area contributed by atoms with Crippen molar-refractivity contribution in [2.75, 3.05) is 13.1 Å². The van der Waals surface area contributed by atoms with Gasteiger partial charge in [0.25, 0.3) is 10.0 Å². The Hall–Kier alpha value is -3.07. The quantitative estimate of drug-likeness (QED) is 0.0943. The summed E-state index contributed by atoms with van der Waals surface area (Å²) in [5.41, 5.74) is 2.13. The Kier molecular flexibility index (Phi) is 11.8. The minimum atomic E-state index is -3.77. The summed E-state index contributed by atoms with van der Waals surface area (Å²) >= 11 is 0. The van der Waals surface area contributed by atoms with Gasteiger partial charge in [-0.3, -0.25) is 9.80 Å². The van der Waals surface area contributed by atoms with Crippen LogP contribution in [0.3, 0.4) is 0 Å². The van der Waals surface area contributed by atoms with Gasteiger partial charge in [-0.15, -0.1) is 0 Å². The van der Waals surface area contributed by atoms with Gasteiger partial charge in [0.15, 0.2) is 0 Å². The third-order valence-corrected chi connectivity index (χ3v) is 12.1. The lowest BCUT2D eigenvalue weighted by Crippen LogP contribution is -2.45. The Balaban J connectivity index is 1.13. The summed E-state index contributed by atoms with van der Waals surface area (Å²) in [6.45, 7) is 2.95. The molecule has 2 aliphatic rings. The molecule has 2 aromatic carbocycles. The van der Waals surface area contributed by atoms with Crippen LogP contribution >= 0.6 is 0 Å². The van der Waals surface area contributed by atoms with Crippen LogP contribution in [-0.2, 0) is 23.1 Å². The lowest BCUT2D eigenvalue weighted by molar-refractivity contribution is 0.0787. The molecule has 2 heterocycles. The smallest absolute Gasteiger partial charge is 0.268 e. The molecule has 6 nitrogen and oxygen atoms in total. The lowest BCUT2D eigenvalue weighted by atomic mass is 9.88. The number of hydrogen-bond acceptors (Lipinski definition) is 5. The van der Waals surface area contributed by atoms with Crippen molar-refractivity contribution < 1.29 is 12.8 Å². The fourth-order valence-corrected chi connectivity index (χ4v) is 9.37. The number of benzene rings is 2. The van der Waals surface area contributed by atoms with Crippen LogP contribution < -0.4 is 0 Å². The van der Waals surface area contributed by atoms with Crippen LogP contribution in [0.25, 0.3) is 10.9 Å². The topological polar surface area (TPSA) is 58.4 Å². The predicted molar refractivity (Wildman–Crippen MR) is 188 cm³/mol. The first-order valence-electron chi connectivity index (χ1n) is 18.0. The molecule has 4 aromatic rings. The summed E-state index contributed by atoms with van der Waals surface area (Å²) in [6.07, 6.45) is 21.6. The largest absolute Gasteiger partial charge is 0.297 e. The predicted octanol–water partition coefficient (Wildman–Crippen LogP) is 8.94. The lowest BCUT2D eigenvalue weighted by Gasteiger charge is -2.42. The number of fused-ring (bicyclic) bond motifs is 1. The molecule has 0 aliphatic heterocycles. The van der Waals surface area contributed by atoms with Crippen molar-refractivity contribution in [2.24, 2.45) is 0 Å². The Morgan fingerprint density at radius 2 is 1.32 bits per heavy atom. The number of aromatic nitrogens is 2. The van der Waals surface area contributed by atoms with E-state index in [4.69, 9.17) is 0 Å². The van der Waals surface area contributed by atoms with Crippen LogP contribution in [-0.4, -0.2) is 52.3 Å². The average molecular weight is 659 g/mol. The first-order chi connectivity index (χ1) is 23.0. The van der Waals surface area contributed by atoms with Crippen LogP contribution in [0.5, 0.6) is 0 Å². The van der Waals surface area contributed by atoms with Crippen molar-refractivity contribution >= 4 is 20.9 Å². The summed E-state index contributed by atoms with van der Waals surface area (Å²) in [4.78, 5) is 9.31. The third-order valence-electron chi connectivity index (χ3n) is 10.4. The summed E-state index contributed by atoms with van der Waals surface area (Å²) in [7, 11) is -3.77. The van der Waals surface area contributed by atoms with E-state index in [1.54, 1.807) is 42.6 Å². The van der Waals surface area contributed by atoms with E-state index < -0.39 is 16.0 Å². The van der Waals surface area contributed by atoms with Gasteiger partial charge in [-0.25, -0.2) is 17.4 Å². The van der Waals surface area contributed by atoms with Crippen molar-refractivity contribution in [3.8, 4) is 0 Å². The van der Waals surface area contributed by atoms with Crippen LogP contribution in [0.1, 0.15) is 101 Å². The molecular formula is C39H51FN4O2S. The normalized spacial score (nSPS) is 16.8. The highest BCUT2D eigenvalue weighted by Crippen LogP contribution is 2.31. The molecule has 0 bridgehead atoms. The van der Waals surface area contributed by atoms with E-state index in [9.17, 15) is 12.8 Å². The SMILES string of the molecule is O=S(=O)(c1ccccc1)n1cc(CN(CCCCCCN(C2CCCCC2)C2CCCCC2)Cc2cccnc2F)c2ccccc21. The number of para-hydroxylation sites is 1. The zero-order valence-corrected chi connectivity index (χ0v) is 28.6. The third kappa shape index (κ3) is 8.51. The Bertz CT molecular complexity index is 1640. The van der Waals surface area contributed by atoms with Crippen molar-refractivity contribution in [1.82, 2.24) is 18.8 Å². The maximum atomic E-state index is 14.7. The minimum Gasteiger partial charge on any atom is -0.297 e. The summed E-state index contributed by atoms with van der Waals surface area (Å²) < 4.78 is 43.5. The van der Waals surface area contributed by atoms with E-state index in [1.165, 1.54) is 93.8 Å². The zero-order valence-electron chi connectivity index (χ0n) is 27.8. The molecule has 0 spiro atoms. The van der Waals surface area contributed by atoms with Crippen LogP contribution in [0.4, 0.5) is 4.39 Å². The average Bonchev–Trinajstić information content (AvgIpc) is 3.49. The molecule has 2 aromatic heterocycles. The molecule has 0 N–H and O–H groups in total. The van der Waals surface area contributed by atoms with Gasteiger partial charge in [-0.2, -0.15) is 4.39 Å². The first kappa shape index (κ1) is 33.8. The Morgan fingerprint density at radius 1 is 0.702 bits per heavy atom. The summed E-state index contributed by atoms with van der Waals surface area (Å²) in [6, 6.07) is 21.4. The van der Waals surface area contributed by atoms with Crippen molar-refractivity contribution in [2.45, 2.75) is 120 Å².